The minimum absolute atomic E-state index is 0.204. The van der Waals surface area contributed by atoms with Crippen LogP contribution in [0.5, 0.6) is 11.5 Å². The number of thioether (sulfide) groups is 1. The van der Waals surface area contributed by atoms with E-state index in [-0.39, 0.29) is 30.6 Å². The van der Waals surface area contributed by atoms with Crippen molar-refractivity contribution in [2.75, 3.05) is 40.0 Å². The molecule has 3 rings (SSSR count). The van der Waals surface area contributed by atoms with Crippen molar-refractivity contribution in [3.8, 4) is 11.5 Å². The molecule has 11 heteroatoms. The highest BCUT2D eigenvalue weighted by Gasteiger charge is 2.37. The van der Waals surface area contributed by atoms with Gasteiger partial charge in [-0.05, 0) is 77.9 Å². The van der Waals surface area contributed by atoms with Crippen molar-refractivity contribution >= 4 is 63.5 Å². The second-order valence-electron chi connectivity index (χ2n) is 7.69. The molecule has 0 saturated carbocycles. The van der Waals surface area contributed by atoms with Crippen LogP contribution in [0.1, 0.15) is 38.2 Å². The molecule has 2 fully saturated rings. The topological polar surface area (TPSA) is 102 Å². The van der Waals surface area contributed by atoms with Gasteiger partial charge >= 0.3 is 5.97 Å². The van der Waals surface area contributed by atoms with E-state index in [2.05, 4.69) is 0 Å². The van der Waals surface area contributed by atoms with Crippen molar-refractivity contribution < 1.29 is 33.4 Å². The fourth-order valence-corrected chi connectivity index (χ4v) is 5.26. The number of hydrogen-bond donors (Lipinski definition) is 0. The van der Waals surface area contributed by atoms with Gasteiger partial charge in [0.05, 0.1) is 22.2 Å². The molecule has 0 bridgehead atoms. The molecular weight excluding hydrogens is 575 g/mol. The van der Waals surface area contributed by atoms with Crippen LogP contribution in [0.4, 0.5) is 4.79 Å². The first kappa shape index (κ1) is 26.3. The van der Waals surface area contributed by atoms with E-state index in [9.17, 15) is 19.2 Å². The second kappa shape index (κ2) is 12.4. The van der Waals surface area contributed by atoms with E-state index in [0.717, 1.165) is 42.3 Å². The Balaban J connectivity index is 1.73. The Morgan fingerprint density at radius 3 is 2.50 bits per heavy atom. The maximum Gasteiger partial charge on any atom is 0.344 e. The van der Waals surface area contributed by atoms with Crippen LogP contribution in [0, 0.1) is 3.57 Å². The first-order valence-electron chi connectivity index (χ1n) is 11.0. The smallest absolute Gasteiger partial charge is 0.344 e. The van der Waals surface area contributed by atoms with Crippen molar-refractivity contribution in [1.29, 1.82) is 0 Å². The number of amides is 3. The third-order valence-electron chi connectivity index (χ3n) is 5.31. The van der Waals surface area contributed by atoms with Crippen LogP contribution >= 0.6 is 34.4 Å². The van der Waals surface area contributed by atoms with Gasteiger partial charge in [0.1, 0.15) is 6.54 Å². The molecule has 2 aliphatic heterocycles. The fraction of sp³-hybridized carbons (Fsp3) is 0.478. The van der Waals surface area contributed by atoms with Gasteiger partial charge in [-0.25, -0.2) is 4.79 Å². The van der Waals surface area contributed by atoms with Crippen molar-refractivity contribution in [2.24, 2.45) is 0 Å². The number of carbonyl (C=O) groups is 4. The van der Waals surface area contributed by atoms with Gasteiger partial charge < -0.3 is 19.1 Å². The van der Waals surface area contributed by atoms with Crippen LogP contribution in [0.15, 0.2) is 17.0 Å². The zero-order chi connectivity index (χ0) is 24.7. The molecule has 0 atom stereocenters. The number of methoxy groups -OCH3 is 1. The number of hydrogen-bond acceptors (Lipinski definition) is 8. The third-order valence-corrected chi connectivity index (χ3v) is 7.02. The molecule has 184 valence electrons. The van der Waals surface area contributed by atoms with Crippen molar-refractivity contribution in [3.05, 3.63) is 26.2 Å². The summed E-state index contributed by atoms with van der Waals surface area (Å²) in [5, 5.41) is -0.463. The van der Waals surface area contributed by atoms with Crippen LogP contribution in [0.3, 0.4) is 0 Å². The molecule has 34 heavy (non-hydrogen) atoms. The molecule has 1 aromatic carbocycles. The average Bonchev–Trinajstić information content (AvgIpc) is 2.99. The summed E-state index contributed by atoms with van der Waals surface area (Å²) in [7, 11) is 1.47. The molecule has 1 aromatic rings. The highest BCUT2D eigenvalue weighted by Crippen LogP contribution is 2.37. The number of esters is 1. The van der Waals surface area contributed by atoms with E-state index in [1.54, 1.807) is 30.0 Å². The summed E-state index contributed by atoms with van der Waals surface area (Å²) < 4.78 is 16.5. The lowest BCUT2D eigenvalue weighted by molar-refractivity contribution is -0.145. The molecule has 0 N–H and O–H groups in total. The lowest BCUT2D eigenvalue weighted by atomic mass is 10.2. The van der Waals surface area contributed by atoms with Crippen molar-refractivity contribution in [3.63, 3.8) is 0 Å². The number of imide groups is 1. The summed E-state index contributed by atoms with van der Waals surface area (Å²) in [6, 6.07) is 3.40. The van der Waals surface area contributed by atoms with Crippen LogP contribution in [-0.2, 0) is 19.1 Å². The molecule has 9 nitrogen and oxygen atoms in total. The van der Waals surface area contributed by atoms with E-state index < -0.39 is 17.1 Å². The van der Waals surface area contributed by atoms with E-state index in [4.69, 9.17) is 14.2 Å². The number of ether oxygens (including phenoxy) is 3. The normalized spacial score (nSPS) is 17.7. The van der Waals surface area contributed by atoms with Crippen LogP contribution < -0.4 is 9.47 Å². The Labute approximate surface area is 216 Å². The maximum atomic E-state index is 12.9. The molecule has 2 aliphatic rings. The minimum Gasteiger partial charge on any atom is -0.493 e. The van der Waals surface area contributed by atoms with Gasteiger partial charge in [0.25, 0.3) is 11.1 Å². The van der Waals surface area contributed by atoms with Crippen LogP contribution in [-0.4, -0.2) is 72.8 Å². The van der Waals surface area contributed by atoms with Gasteiger partial charge in [-0.1, -0.05) is 12.8 Å². The Morgan fingerprint density at radius 2 is 1.85 bits per heavy atom. The van der Waals surface area contributed by atoms with Gasteiger partial charge in [0.15, 0.2) is 18.1 Å². The zero-order valence-corrected chi connectivity index (χ0v) is 22.1. The maximum absolute atomic E-state index is 12.9. The molecule has 0 aromatic heterocycles. The Kier molecular flexibility index (Phi) is 9.63. The molecule has 2 saturated heterocycles. The molecule has 0 aliphatic carbocycles. The third kappa shape index (κ3) is 6.65. The van der Waals surface area contributed by atoms with Gasteiger partial charge in [-0.3, -0.25) is 19.3 Å². The van der Waals surface area contributed by atoms with Crippen molar-refractivity contribution in [2.45, 2.75) is 32.6 Å². The largest absolute Gasteiger partial charge is 0.493 e. The van der Waals surface area contributed by atoms with Crippen molar-refractivity contribution in [1.82, 2.24) is 9.80 Å². The Bertz CT molecular complexity index is 990. The number of likely N-dealkylation sites (tertiary alicyclic amines) is 1. The summed E-state index contributed by atoms with van der Waals surface area (Å²) in [4.78, 5) is 52.6. The summed E-state index contributed by atoms with van der Waals surface area (Å²) in [6.07, 6.45) is 5.63. The molecule has 0 radical (unpaired) electrons. The molecule has 0 unspecified atom stereocenters. The van der Waals surface area contributed by atoms with E-state index in [1.165, 1.54) is 7.11 Å². The zero-order valence-electron chi connectivity index (χ0n) is 19.1. The van der Waals surface area contributed by atoms with Gasteiger partial charge in [0, 0.05) is 13.1 Å². The van der Waals surface area contributed by atoms with Crippen LogP contribution in [0.2, 0.25) is 0 Å². The number of halogens is 1. The van der Waals surface area contributed by atoms with Crippen LogP contribution in [0.25, 0.3) is 6.08 Å². The fourth-order valence-electron chi connectivity index (χ4n) is 3.64. The van der Waals surface area contributed by atoms with E-state index >= 15 is 0 Å². The lowest BCUT2D eigenvalue weighted by Gasteiger charge is -2.22. The number of nitrogens with zero attached hydrogens (tertiary/aromatic N) is 2. The van der Waals surface area contributed by atoms with Gasteiger partial charge in [-0.2, -0.15) is 0 Å². The molecule has 2 heterocycles. The summed E-state index contributed by atoms with van der Waals surface area (Å²) in [5.41, 5.74) is 0.620. The predicted octanol–water partition coefficient (Wildman–Crippen LogP) is 3.68. The monoisotopic (exact) mass is 602 g/mol. The SMILES string of the molecule is CCOC(=O)COc1c(I)cc(C=C2SC(=O)N(CC(=O)N3CCCCCC3)C2=O)cc1OC. The first-order valence-corrected chi connectivity index (χ1v) is 12.9. The highest BCUT2D eigenvalue weighted by atomic mass is 127. The predicted molar refractivity (Wildman–Crippen MR) is 136 cm³/mol. The Morgan fingerprint density at radius 1 is 1.15 bits per heavy atom. The second-order valence-corrected chi connectivity index (χ2v) is 9.85. The summed E-state index contributed by atoms with van der Waals surface area (Å²) >= 11 is 2.85. The quantitative estimate of drug-likeness (QED) is 0.253. The number of rotatable bonds is 8. The van der Waals surface area contributed by atoms with E-state index in [0.29, 0.717) is 33.7 Å². The number of carbonyl (C=O) groups excluding carboxylic acids is 4. The first-order chi connectivity index (χ1) is 16.3. The Hall–Kier alpha value is -2.28. The lowest BCUT2D eigenvalue weighted by Crippen LogP contribution is -2.42. The number of benzene rings is 1. The summed E-state index contributed by atoms with van der Waals surface area (Å²) in [5.74, 6) is -0.435. The highest BCUT2D eigenvalue weighted by molar-refractivity contribution is 14.1. The molecule has 0 spiro atoms. The van der Waals surface area contributed by atoms with Gasteiger partial charge in [-0.15, -0.1) is 0 Å². The molecule has 3 amide bonds. The van der Waals surface area contributed by atoms with E-state index in [1.807, 2.05) is 22.6 Å². The minimum atomic E-state index is -0.493. The summed E-state index contributed by atoms with van der Waals surface area (Å²) in [6.45, 7) is 2.78. The average molecular weight is 602 g/mol. The standard InChI is InChI=1S/C23H27IN2O7S/c1-3-32-20(28)14-33-21-16(24)10-15(11-17(21)31-2)12-18-22(29)26(23(30)34-18)13-19(27)25-8-6-4-5-7-9-25/h10-12H,3-9,13-14H2,1-2H3. The van der Waals surface area contributed by atoms with Gasteiger partial charge in [0.2, 0.25) is 5.91 Å². The molecular formula is C23H27IN2O7S.